The van der Waals surface area contributed by atoms with Gasteiger partial charge in [0.15, 0.2) is 0 Å². The molecule has 3 atom stereocenters. The smallest absolute Gasteiger partial charge is 0.325 e. The third kappa shape index (κ3) is 8.28. The Morgan fingerprint density at radius 3 is 2.51 bits per heavy atom. The molecular formula is C30H39ClN4O6. The van der Waals surface area contributed by atoms with E-state index in [9.17, 15) is 24.3 Å². The van der Waals surface area contributed by atoms with Crippen LogP contribution in [0.5, 0.6) is 0 Å². The Morgan fingerprint density at radius 2 is 1.88 bits per heavy atom. The van der Waals surface area contributed by atoms with Crippen LogP contribution in [0.25, 0.3) is 0 Å². The number of carbonyl (C=O) groups is 4. The minimum atomic E-state index is -1.06. The van der Waals surface area contributed by atoms with Crippen LogP contribution in [0, 0.1) is 11.3 Å². The summed E-state index contributed by atoms with van der Waals surface area (Å²) in [6.45, 7) is 8.90. The molecule has 2 aromatic rings. The maximum absolute atomic E-state index is 13.2. The second-order valence-corrected chi connectivity index (χ2v) is 11.4. The van der Waals surface area contributed by atoms with Crippen LogP contribution in [0.1, 0.15) is 50.0 Å². The summed E-state index contributed by atoms with van der Waals surface area (Å²) in [7, 11) is 0. The molecule has 0 bridgehead atoms. The number of hydrogen-bond acceptors (Lipinski definition) is 7. The zero-order valence-electron chi connectivity index (χ0n) is 23.9. The molecule has 222 valence electrons. The largest absolute Gasteiger partial charge is 0.465 e. The Kier molecular flexibility index (Phi) is 10.9. The maximum Gasteiger partial charge on any atom is 0.325 e. The minimum Gasteiger partial charge on any atom is -0.465 e. The van der Waals surface area contributed by atoms with E-state index < -0.39 is 40.9 Å². The van der Waals surface area contributed by atoms with Crippen LogP contribution in [0.4, 0.5) is 10.5 Å². The number of urea groups is 1. The lowest BCUT2D eigenvalue weighted by molar-refractivity contribution is -0.141. The van der Waals surface area contributed by atoms with Gasteiger partial charge in [-0.1, -0.05) is 50.6 Å². The average Bonchev–Trinajstić information content (AvgIpc) is 2.93. The van der Waals surface area contributed by atoms with Crippen LogP contribution >= 0.6 is 11.6 Å². The molecule has 3 amide bonds. The summed E-state index contributed by atoms with van der Waals surface area (Å²) in [5.41, 5.74) is -0.114. The lowest BCUT2D eigenvalue weighted by atomic mass is 9.66. The van der Waals surface area contributed by atoms with Crippen LogP contribution in [0.2, 0.25) is 5.02 Å². The molecule has 0 radical (unpaired) electrons. The molecule has 0 spiro atoms. The van der Waals surface area contributed by atoms with Crippen molar-refractivity contribution < 1.29 is 29.0 Å². The molecule has 0 aliphatic carbocycles. The highest BCUT2D eigenvalue weighted by molar-refractivity contribution is 6.30. The molecule has 10 nitrogen and oxygen atoms in total. The summed E-state index contributed by atoms with van der Waals surface area (Å²) in [4.78, 5) is 50.7. The Morgan fingerprint density at radius 1 is 1.17 bits per heavy atom. The van der Waals surface area contributed by atoms with E-state index >= 15 is 0 Å². The van der Waals surface area contributed by atoms with Gasteiger partial charge in [0.25, 0.3) is 5.91 Å². The number of halogens is 1. The van der Waals surface area contributed by atoms with Crippen molar-refractivity contribution in [3.63, 3.8) is 0 Å². The Labute approximate surface area is 245 Å². The van der Waals surface area contributed by atoms with Crippen molar-refractivity contribution in [2.45, 2.75) is 45.8 Å². The first kappa shape index (κ1) is 32.0. The van der Waals surface area contributed by atoms with Crippen LogP contribution < -0.4 is 16.0 Å². The number of esters is 1. The number of ether oxygens (including phenoxy) is 1. The zero-order valence-corrected chi connectivity index (χ0v) is 24.7. The molecule has 0 aromatic heterocycles. The second-order valence-electron chi connectivity index (χ2n) is 11.0. The highest BCUT2D eigenvalue weighted by atomic mass is 35.5. The topological polar surface area (TPSA) is 137 Å². The molecule has 3 rings (SSSR count). The molecule has 2 aromatic carbocycles. The first-order valence-corrected chi connectivity index (χ1v) is 14.0. The van der Waals surface area contributed by atoms with E-state index in [0.29, 0.717) is 42.3 Å². The van der Waals surface area contributed by atoms with E-state index in [1.165, 1.54) is 6.07 Å². The van der Waals surface area contributed by atoms with Crippen molar-refractivity contribution >= 4 is 41.5 Å². The molecule has 0 saturated carbocycles. The molecule has 1 aliphatic rings. The number of nitrogens with one attached hydrogen (secondary N) is 3. The summed E-state index contributed by atoms with van der Waals surface area (Å²) in [5.74, 6) is -1.42. The molecule has 1 aliphatic heterocycles. The third-order valence-corrected chi connectivity index (χ3v) is 7.80. The van der Waals surface area contributed by atoms with Gasteiger partial charge in [0.05, 0.1) is 18.2 Å². The summed E-state index contributed by atoms with van der Waals surface area (Å²) < 4.78 is 4.78. The number of hydrogen-bond donors (Lipinski definition) is 4. The van der Waals surface area contributed by atoms with Gasteiger partial charge in [-0.05, 0) is 49.2 Å². The summed E-state index contributed by atoms with van der Waals surface area (Å²) in [6, 6.07) is 12.5. The fourth-order valence-electron chi connectivity index (χ4n) is 5.09. The van der Waals surface area contributed by atoms with Gasteiger partial charge in [-0.2, -0.15) is 0 Å². The number of nitrogens with zero attached hydrogens (tertiary/aromatic N) is 1. The summed E-state index contributed by atoms with van der Waals surface area (Å²) >= 11 is 6.05. The van der Waals surface area contributed by atoms with Gasteiger partial charge in [0, 0.05) is 47.2 Å². The van der Waals surface area contributed by atoms with Gasteiger partial charge in [-0.25, -0.2) is 4.79 Å². The number of aliphatic hydroxyl groups is 1. The van der Waals surface area contributed by atoms with E-state index in [0.717, 1.165) is 11.8 Å². The van der Waals surface area contributed by atoms with E-state index in [-0.39, 0.29) is 13.2 Å². The summed E-state index contributed by atoms with van der Waals surface area (Å²) in [5, 5.41) is 20.2. The van der Waals surface area contributed by atoms with Gasteiger partial charge in [-0.15, -0.1) is 0 Å². The number of amides is 3. The fourth-order valence-corrected chi connectivity index (χ4v) is 5.22. The minimum absolute atomic E-state index is 0.212. The maximum atomic E-state index is 13.2. The second kappa shape index (κ2) is 13.9. The predicted octanol–water partition coefficient (Wildman–Crippen LogP) is 3.58. The van der Waals surface area contributed by atoms with Gasteiger partial charge in [-0.3, -0.25) is 9.59 Å². The monoisotopic (exact) mass is 586 g/mol. The first-order valence-electron chi connectivity index (χ1n) is 13.7. The number of carbonyl (C=O) groups excluding carboxylic acids is 4. The van der Waals surface area contributed by atoms with Crippen molar-refractivity contribution in [1.29, 1.82) is 0 Å². The van der Waals surface area contributed by atoms with Crippen LogP contribution in [0.3, 0.4) is 0 Å². The van der Waals surface area contributed by atoms with E-state index in [4.69, 9.17) is 16.3 Å². The van der Waals surface area contributed by atoms with Gasteiger partial charge < -0.3 is 35.5 Å². The number of anilines is 1. The zero-order chi connectivity index (χ0) is 30.2. The average molecular weight is 587 g/mol. The Hall–Kier alpha value is -3.47. The summed E-state index contributed by atoms with van der Waals surface area (Å²) in [6.07, 6.45) is 1.29. The molecule has 1 fully saturated rings. The number of likely N-dealkylation sites (tertiary alicyclic amines) is 1. The van der Waals surface area contributed by atoms with Crippen LogP contribution in [-0.4, -0.2) is 73.0 Å². The highest BCUT2D eigenvalue weighted by Gasteiger charge is 2.49. The fraction of sp³-hybridized carbons (Fsp3) is 0.467. The predicted molar refractivity (Wildman–Crippen MR) is 157 cm³/mol. The lowest BCUT2D eigenvalue weighted by Gasteiger charge is -2.51. The van der Waals surface area contributed by atoms with Crippen molar-refractivity contribution in [3.8, 4) is 0 Å². The van der Waals surface area contributed by atoms with Crippen molar-refractivity contribution in [3.05, 3.63) is 64.7 Å². The Bertz CT molecular complexity index is 1240. The normalized spacial score (nSPS) is 19.9. The number of rotatable bonds is 11. The standard InChI is InChI=1S/C30H39ClN4O6/c1-5-41-26(37)16-32-28(39)33-24-8-6-7-21(15-24)27(38)34-25(20(2)18-36)17-35-14-13-30(40,29(3,4)19-35)22-9-11-23(31)12-10-22/h6-12,15,18,20,25,40H,5,13-14,16-17,19H2,1-4H3,(H,34,38)(H2,32,33,39)/t20-,25?,30-/m0/s1. The molecule has 4 N–H and O–H groups in total. The van der Waals surface area contributed by atoms with Crippen LogP contribution in [-0.2, 0) is 19.9 Å². The van der Waals surface area contributed by atoms with E-state index in [1.807, 2.05) is 26.0 Å². The molecule has 1 heterocycles. The first-order chi connectivity index (χ1) is 19.4. The molecule has 11 heteroatoms. The van der Waals surface area contributed by atoms with Gasteiger partial charge in [0.1, 0.15) is 12.8 Å². The highest BCUT2D eigenvalue weighted by Crippen LogP contribution is 2.46. The third-order valence-electron chi connectivity index (χ3n) is 7.55. The number of aldehydes is 1. The lowest BCUT2D eigenvalue weighted by Crippen LogP contribution is -2.58. The number of benzene rings is 2. The van der Waals surface area contributed by atoms with Crippen LogP contribution in [0.15, 0.2) is 48.5 Å². The van der Waals surface area contributed by atoms with Gasteiger partial charge in [0.2, 0.25) is 0 Å². The van der Waals surface area contributed by atoms with E-state index in [1.54, 1.807) is 44.2 Å². The quantitative estimate of drug-likeness (QED) is 0.233. The molecule has 1 unspecified atom stereocenters. The Balaban J connectivity index is 1.65. The molecule has 41 heavy (non-hydrogen) atoms. The SMILES string of the molecule is CCOC(=O)CNC(=O)Nc1cccc(C(=O)NC(CN2CC[C@](O)(c3ccc(Cl)cc3)C(C)(C)C2)[C@@H](C)C=O)c1. The van der Waals surface area contributed by atoms with Crippen molar-refractivity contribution in [1.82, 2.24) is 15.5 Å². The molecule has 1 saturated heterocycles. The van der Waals surface area contributed by atoms with Crippen molar-refractivity contribution in [2.24, 2.45) is 11.3 Å². The van der Waals surface area contributed by atoms with Crippen molar-refractivity contribution in [2.75, 3.05) is 38.1 Å². The van der Waals surface area contributed by atoms with Gasteiger partial charge >= 0.3 is 12.0 Å². The van der Waals surface area contributed by atoms with E-state index in [2.05, 4.69) is 20.9 Å². The number of piperidine rings is 1. The molecular weight excluding hydrogens is 548 g/mol.